The molecule has 3 N–H and O–H groups in total. The maximum absolute atomic E-state index is 11.3. The average Bonchev–Trinajstić information content (AvgIpc) is 2.42. The maximum atomic E-state index is 11.3. The van der Waals surface area contributed by atoms with Crippen molar-refractivity contribution in [2.75, 3.05) is 0 Å². The maximum Gasteiger partial charge on any atom is 0.408 e. The molecule has 0 spiro atoms. The minimum Gasteiger partial charge on any atom is -0.480 e. The van der Waals surface area contributed by atoms with Gasteiger partial charge in [-0.2, -0.15) is 0 Å². The highest BCUT2D eigenvalue weighted by Crippen LogP contribution is 2.01. The number of nitrogens with one attached hydrogen (secondary N) is 1. The Hall–Kier alpha value is -2.41. The van der Waals surface area contributed by atoms with Gasteiger partial charge in [0.2, 0.25) is 0 Å². The van der Waals surface area contributed by atoms with Crippen molar-refractivity contribution in [2.24, 2.45) is 0 Å². The van der Waals surface area contributed by atoms with E-state index in [0.717, 1.165) is 5.56 Å². The Bertz CT molecular complexity index is 447. The molecule has 102 valence electrons. The van der Waals surface area contributed by atoms with Crippen LogP contribution in [0.15, 0.2) is 30.3 Å². The van der Waals surface area contributed by atoms with Gasteiger partial charge in [0.05, 0.1) is 0 Å². The molecule has 0 radical (unpaired) electrons. The number of carboxylic acid groups (broad SMARTS) is 1. The molecule has 0 saturated carbocycles. The van der Waals surface area contributed by atoms with Crippen molar-refractivity contribution in [3.8, 4) is 0 Å². The Kier molecular flexibility index (Phi) is 5.49. The van der Waals surface area contributed by atoms with E-state index in [0.29, 0.717) is 0 Å². The van der Waals surface area contributed by atoms with E-state index in [1.54, 1.807) is 30.3 Å². The van der Waals surface area contributed by atoms with Crippen LogP contribution in [0.5, 0.6) is 0 Å². The van der Waals surface area contributed by atoms with Crippen LogP contribution in [0.4, 0.5) is 4.79 Å². The molecule has 0 unspecified atom stereocenters. The van der Waals surface area contributed by atoms with Crippen molar-refractivity contribution in [1.82, 2.24) is 5.32 Å². The second-order valence-corrected chi connectivity index (χ2v) is 3.65. The van der Waals surface area contributed by atoms with Crippen LogP contribution >= 0.6 is 0 Å². The summed E-state index contributed by atoms with van der Waals surface area (Å²) in [6, 6.07) is 7.02. The van der Waals surface area contributed by atoms with Crippen LogP contribution < -0.4 is 5.32 Å². The summed E-state index contributed by atoms with van der Waals surface area (Å²) in [7, 11) is 0. The number of carbonyl (C=O) groups excluding carboxylic acids is 2. The second kappa shape index (κ2) is 7.12. The molecule has 0 bridgehead atoms. The average molecular weight is 267 g/mol. The van der Waals surface area contributed by atoms with Gasteiger partial charge in [0.15, 0.2) is 12.3 Å². The summed E-state index contributed by atoms with van der Waals surface area (Å²) in [4.78, 5) is 32.4. The SMILES string of the molecule is O=C[C@H](O)[C@@H](NC(=O)OCc1ccccc1)C(=O)O. The Labute approximate surface area is 108 Å². The number of aliphatic hydroxyl groups excluding tert-OH is 1. The lowest BCUT2D eigenvalue weighted by atomic mass is 10.2. The van der Waals surface area contributed by atoms with Gasteiger partial charge in [-0.25, -0.2) is 9.59 Å². The first kappa shape index (κ1) is 14.7. The third kappa shape index (κ3) is 4.76. The van der Waals surface area contributed by atoms with Crippen LogP contribution in [0.1, 0.15) is 5.56 Å². The van der Waals surface area contributed by atoms with Gasteiger partial charge in [0, 0.05) is 0 Å². The van der Waals surface area contributed by atoms with Crippen molar-refractivity contribution >= 4 is 18.3 Å². The summed E-state index contributed by atoms with van der Waals surface area (Å²) in [5.41, 5.74) is 0.723. The van der Waals surface area contributed by atoms with E-state index in [4.69, 9.17) is 14.9 Å². The number of aldehydes is 1. The molecule has 1 amide bonds. The fourth-order valence-corrected chi connectivity index (χ4v) is 1.26. The van der Waals surface area contributed by atoms with Crippen LogP contribution in [-0.4, -0.2) is 40.7 Å². The zero-order valence-corrected chi connectivity index (χ0v) is 9.85. The van der Waals surface area contributed by atoms with Gasteiger partial charge in [0.1, 0.15) is 12.7 Å². The van der Waals surface area contributed by atoms with E-state index < -0.39 is 24.2 Å². The first-order valence-electron chi connectivity index (χ1n) is 5.38. The third-order valence-electron chi connectivity index (χ3n) is 2.23. The molecule has 0 heterocycles. The minimum absolute atomic E-state index is 0.0241. The first-order valence-corrected chi connectivity index (χ1v) is 5.38. The van der Waals surface area contributed by atoms with E-state index in [2.05, 4.69) is 0 Å². The van der Waals surface area contributed by atoms with Gasteiger partial charge in [-0.1, -0.05) is 30.3 Å². The fourth-order valence-electron chi connectivity index (χ4n) is 1.26. The molecular weight excluding hydrogens is 254 g/mol. The van der Waals surface area contributed by atoms with Gasteiger partial charge >= 0.3 is 12.1 Å². The van der Waals surface area contributed by atoms with Gasteiger partial charge in [-0.3, -0.25) is 0 Å². The lowest BCUT2D eigenvalue weighted by Gasteiger charge is -2.15. The van der Waals surface area contributed by atoms with E-state index in [9.17, 15) is 14.4 Å². The summed E-state index contributed by atoms with van der Waals surface area (Å²) in [5.74, 6) is -1.53. The predicted molar refractivity (Wildman–Crippen MR) is 63.3 cm³/mol. The molecule has 0 aromatic heterocycles. The van der Waals surface area contributed by atoms with Gasteiger partial charge < -0.3 is 25.1 Å². The molecule has 7 nitrogen and oxygen atoms in total. The monoisotopic (exact) mass is 267 g/mol. The molecule has 1 rings (SSSR count). The summed E-state index contributed by atoms with van der Waals surface area (Å²) in [5, 5.41) is 19.7. The number of aliphatic hydroxyl groups is 1. The Morgan fingerprint density at radius 2 is 1.95 bits per heavy atom. The van der Waals surface area contributed by atoms with E-state index in [1.165, 1.54) is 0 Å². The summed E-state index contributed by atoms with van der Waals surface area (Å²) < 4.78 is 4.76. The number of amides is 1. The van der Waals surface area contributed by atoms with Gasteiger partial charge in [0.25, 0.3) is 0 Å². The van der Waals surface area contributed by atoms with E-state index in [-0.39, 0.29) is 12.9 Å². The number of hydrogen-bond donors (Lipinski definition) is 3. The quantitative estimate of drug-likeness (QED) is 0.622. The number of benzene rings is 1. The molecule has 0 aliphatic heterocycles. The molecular formula is C12H13NO6. The standard InChI is InChI=1S/C12H13NO6/c14-6-9(15)10(11(16)17)13-12(18)19-7-8-4-2-1-3-5-8/h1-6,9-10,15H,7H2,(H,13,18)(H,16,17)/t9-,10+/m0/s1. The van der Waals surface area contributed by atoms with Crippen LogP contribution in [0, 0.1) is 0 Å². The zero-order valence-electron chi connectivity index (χ0n) is 9.85. The predicted octanol–water partition coefficient (Wildman–Crippen LogP) is -0.0742. The van der Waals surface area contributed by atoms with Crippen LogP contribution in [0.2, 0.25) is 0 Å². The number of ether oxygens (including phenoxy) is 1. The number of carbonyl (C=O) groups is 3. The number of rotatable bonds is 6. The molecule has 0 fully saturated rings. The van der Waals surface area contributed by atoms with E-state index >= 15 is 0 Å². The first-order chi connectivity index (χ1) is 9.04. The van der Waals surface area contributed by atoms with Gasteiger partial charge in [-0.15, -0.1) is 0 Å². The topological polar surface area (TPSA) is 113 Å². The molecule has 0 aliphatic carbocycles. The lowest BCUT2D eigenvalue weighted by Crippen LogP contribution is -2.49. The largest absolute Gasteiger partial charge is 0.480 e. The fraction of sp³-hybridized carbons (Fsp3) is 0.250. The molecule has 0 saturated heterocycles. The summed E-state index contributed by atoms with van der Waals surface area (Å²) in [6.07, 6.45) is -2.84. The Morgan fingerprint density at radius 3 is 2.47 bits per heavy atom. The van der Waals surface area contributed by atoms with Crippen molar-refractivity contribution in [3.05, 3.63) is 35.9 Å². The molecule has 7 heteroatoms. The summed E-state index contributed by atoms with van der Waals surface area (Å²) in [6.45, 7) is -0.0454. The third-order valence-corrected chi connectivity index (χ3v) is 2.23. The second-order valence-electron chi connectivity index (χ2n) is 3.65. The smallest absolute Gasteiger partial charge is 0.408 e. The Morgan fingerprint density at radius 1 is 1.32 bits per heavy atom. The van der Waals surface area contributed by atoms with E-state index in [1.807, 2.05) is 5.32 Å². The molecule has 19 heavy (non-hydrogen) atoms. The highest BCUT2D eigenvalue weighted by atomic mass is 16.5. The number of carboxylic acids is 1. The Balaban J connectivity index is 2.49. The lowest BCUT2D eigenvalue weighted by molar-refractivity contribution is -0.144. The normalized spacial score (nSPS) is 13.1. The number of aliphatic carboxylic acids is 1. The summed E-state index contributed by atoms with van der Waals surface area (Å²) >= 11 is 0. The molecule has 2 atom stereocenters. The van der Waals surface area contributed by atoms with Crippen LogP contribution in [-0.2, 0) is 20.9 Å². The highest BCUT2D eigenvalue weighted by molar-refractivity contribution is 5.84. The molecule has 1 aromatic rings. The highest BCUT2D eigenvalue weighted by Gasteiger charge is 2.28. The van der Waals surface area contributed by atoms with Crippen molar-refractivity contribution in [3.63, 3.8) is 0 Å². The van der Waals surface area contributed by atoms with Crippen molar-refractivity contribution in [1.29, 1.82) is 0 Å². The van der Waals surface area contributed by atoms with Crippen molar-refractivity contribution in [2.45, 2.75) is 18.8 Å². The van der Waals surface area contributed by atoms with Crippen LogP contribution in [0.3, 0.4) is 0 Å². The molecule has 1 aromatic carbocycles. The number of hydrogen-bond acceptors (Lipinski definition) is 5. The minimum atomic E-state index is -1.83. The number of alkyl carbamates (subject to hydrolysis) is 1. The zero-order chi connectivity index (χ0) is 14.3. The van der Waals surface area contributed by atoms with Crippen LogP contribution in [0.25, 0.3) is 0 Å². The van der Waals surface area contributed by atoms with Crippen molar-refractivity contribution < 1.29 is 29.3 Å². The molecule has 0 aliphatic rings. The van der Waals surface area contributed by atoms with Gasteiger partial charge in [-0.05, 0) is 5.56 Å².